The summed E-state index contributed by atoms with van der Waals surface area (Å²) in [5.41, 5.74) is 1.55. The number of hydrogen-bond donors (Lipinski definition) is 1. The molecular weight excluding hydrogens is 378 g/mol. The lowest BCUT2D eigenvalue weighted by Crippen LogP contribution is -2.02. The highest BCUT2D eigenvalue weighted by Gasteiger charge is 2.09. The summed E-state index contributed by atoms with van der Waals surface area (Å²) in [5, 5.41) is 13.8. The fourth-order valence-corrected chi connectivity index (χ4v) is 2.26. The quantitative estimate of drug-likeness (QED) is 0.487. The van der Waals surface area contributed by atoms with Gasteiger partial charge in [-0.05, 0) is 50.1 Å². The number of nitro groups is 1. The van der Waals surface area contributed by atoms with Crippen LogP contribution in [0, 0.1) is 10.1 Å². The van der Waals surface area contributed by atoms with Gasteiger partial charge in [-0.3, -0.25) is 10.1 Å². The van der Waals surface area contributed by atoms with Gasteiger partial charge in [-0.25, -0.2) is 4.98 Å². The first-order valence-corrected chi connectivity index (χ1v) is 6.94. The van der Waals surface area contributed by atoms with Crippen molar-refractivity contribution in [3.63, 3.8) is 0 Å². The van der Waals surface area contributed by atoms with Gasteiger partial charge in [0.15, 0.2) is 0 Å². The van der Waals surface area contributed by atoms with E-state index in [9.17, 15) is 10.1 Å². The molecule has 5 nitrogen and oxygen atoms in total. The van der Waals surface area contributed by atoms with Crippen LogP contribution in [0.15, 0.2) is 45.5 Å². The summed E-state index contributed by atoms with van der Waals surface area (Å²) in [6, 6.07) is 10.2. The zero-order valence-corrected chi connectivity index (χ0v) is 12.8. The number of benzene rings is 1. The van der Waals surface area contributed by atoms with Gasteiger partial charge in [0.25, 0.3) is 5.69 Å². The fraction of sp³-hybridized carbons (Fsp3) is 0.0833. The van der Waals surface area contributed by atoms with Crippen molar-refractivity contribution < 1.29 is 4.92 Å². The van der Waals surface area contributed by atoms with Gasteiger partial charge in [-0.2, -0.15) is 0 Å². The summed E-state index contributed by atoms with van der Waals surface area (Å²) in [5.74, 6) is 0. The van der Waals surface area contributed by atoms with Gasteiger partial charge in [-0.1, -0.05) is 6.07 Å². The molecule has 0 amide bonds. The number of aromatic nitrogens is 1. The number of non-ortho nitro benzene ring substituents is 1. The van der Waals surface area contributed by atoms with Gasteiger partial charge in [0, 0.05) is 16.6 Å². The third-order valence-electron chi connectivity index (χ3n) is 2.39. The van der Waals surface area contributed by atoms with Crippen molar-refractivity contribution in [3.05, 3.63) is 61.3 Å². The molecule has 2 rings (SSSR count). The SMILES string of the molecule is O=[N+]([O-])c1ccc(Br)c(NCc2cccc(Br)n2)c1. The minimum atomic E-state index is -0.422. The lowest BCUT2D eigenvalue weighted by atomic mass is 10.2. The van der Waals surface area contributed by atoms with Crippen LogP contribution >= 0.6 is 31.9 Å². The Kier molecular flexibility index (Phi) is 4.49. The first-order valence-electron chi connectivity index (χ1n) is 5.35. The van der Waals surface area contributed by atoms with Gasteiger partial charge >= 0.3 is 0 Å². The molecule has 1 aromatic heterocycles. The van der Waals surface area contributed by atoms with Crippen LogP contribution < -0.4 is 5.32 Å². The maximum atomic E-state index is 10.7. The summed E-state index contributed by atoms with van der Waals surface area (Å²) in [7, 11) is 0. The van der Waals surface area contributed by atoms with Crippen LogP contribution in [0.3, 0.4) is 0 Å². The Morgan fingerprint density at radius 3 is 2.74 bits per heavy atom. The minimum Gasteiger partial charge on any atom is -0.378 e. The van der Waals surface area contributed by atoms with Crippen LogP contribution in [0.2, 0.25) is 0 Å². The summed E-state index contributed by atoms with van der Waals surface area (Å²) >= 11 is 6.65. The zero-order valence-electron chi connectivity index (χ0n) is 9.64. The van der Waals surface area contributed by atoms with Gasteiger partial charge < -0.3 is 5.32 Å². The van der Waals surface area contributed by atoms with E-state index in [0.717, 1.165) is 14.8 Å². The Bertz CT molecular complexity index is 620. The predicted octanol–water partition coefficient (Wildman–Crippen LogP) is 4.13. The number of hydrogen-bond acceptors (Lipinski definition) is 4. The Balaban J connectivity index is 2.15. The van der Waals surface area contributed by atoms with E-state index in [0.29, 0.717) is 12.2 Å². The molecular formula is C12H9Br2N3O2. The van der Waals surface area contributed by atoms with Crippen LogP contribution in [-0.4, -0.2) is 9.91 Å². The van der Waals surface area contributed by atoms with Crippen LogP contribution in [0.5, 0.6) is 0 Å². The average molecular weight is 387 g/mol. The van der Waals surface area contributed by atoms with Crippen molar-refractivity contribution in [2.45, 2.75) is 6.54 Å². The number of pyridine rings is 1. The Morgan fingerprint density at radius 1 is 1.26 bits per heavy atom. The van der Waals surface area contributed by atoms with Crippen LogP contribution in [-0.2, 0) is 6.54 Å². The van der Waals surface area contributed by atoms with Gasteiger partial charge in [0.1, 0.15) is 4.60 Å². The van der Waals surface area contributed by atoms with Gasteiger partial charge in [0.05, 0.1) is 22.8 Å². The second kappa shape index (κ2) is 6.12. The van der Waals surface area contributed by atoms with Crippen molar-refractivity contribution in [3.8, 4) is 0 Å². The van der Waals surface area contributed by atoms with Crippen LogP contribution in [0.4, 0.5) is 11.4 Å². The molecule has 1 aromatic carbocycles. The molecule has 0 spiro atoms. The van der Waals surface area contributed by atoms with Crippen LogP contribution in [0.25, 0.3) is 0 Å². The molecule has 0 fully saturated rings. The number of nitro benzene ring substituents is 1. The predicted molar refractivity (Wildman–Crippen MR) is 80.1 cm³/mol. The molecule has 0 aliphatic rings. The zero-order chi connectivity index (χ0) is 13.8. The monoisotopic (exact) mass is 385 g/mol. The van der Waals surface area contributed by atoms with Crippen LogP contribution in [0.1, 0.15) is 5.69 Å². The number of anilines is 1. The Hall–Kier alpha value is -1.47. The molecule has 0 aliphatic carbocycles. The van der Waals surface area contributed by atoms with E-state index in [1.165, 1.54) is 12.1 Å². The number of nitrogens with zero attached hydrogens (tertiary/aromatic N) is 2. The van der Waals surface area contributed by atoms with E-state index in [1.54, 1.807) is 6.07 Å². The maximum absolute atomic E-state index is 10.7. The van der Waals surface area contributed by atoms with E-state index < -0.39 is 4.92 Å². The molecule has 98 valence electrons. The summed E-state index contributed by atoms with van der Waals surface area (Å²) in [4.78, 5) is 14.6. The molecule has 0 radical (unpaired) electrons. The lowest BCUT2D eigenvalue weighted by Gasteiger charge is -2.08. The first-order chi connectivity index (χ1) is 9.06. The molecule has 0 saturated carbocycles. The molecule has 1 heterocycles. The van der Waals surface area contributed by atoms with E-state index >= 15 is 0 Å². The number of nitrogens with one attached hydrogen (secondary N) is 1. The molecule has 0 saturated heterocycles. The van der Waals surface area contributed by atoms with E-state index in [-0.39, 0.29) is 5.69 Å². The molecule has 0 aliphatic heterocycles. The van der Waals surface area contributed by atoms with E-state index in [1.807, 2.05) is 18.2 Å². The summed E-state index contributed by atoms with van der Waals surface area (Å²) in [6.45, 7) is 0.485. The van der Waals surface area contributed by atoms with Crippen molar-refractivity contribution in [1.82, 2.24) is 4.98 Å². The Labute approximate surface area is 126 Å². The van der Waals surface area contributed by atoms with Crippen molar-refractivity contribution in [2.24, 2.45) is 0 Å². The summed E-state index contributed by atoms with van der Waals surface area (Å²) in [6.07, 6.45) is 0. The highest BCUT2D eigenvalue weighted by Crippen LogP contribution is 2.27. The molecule has 0 unspecified atom stereocenters. The standard InChI is InChI=1S/C12H9Br2N3O2/c13-10-5-4-9(17(18)19)6-11(10)15-7-8-2-1-3-12(14)16-8/h1-6,15H,7H2. The van der Waals surface area contributed by atoms with Gasteiger partial charge in [0.2, 0.25) is 0 Å². The Morgan fingerprint density at radius 2 is 2.05 bits per heavy atom. The first kappa shape index (κ1) is 14.0. The normalized spacial score (nSPS) is 10.2. The molecule has 0 atom stereocenters. The average Bonchev–Trinajstić information content (AvgIpc) is 2.37. The molecule has 1 N–H and O–H groups in total. The molecule has 19 heavy (non-hydrogen) atoms. The largest absolute Gasteiger partial charge is 0.378 e. The van der Waals surface area contributed by atoms with E-state index in [4.69, 9.17) is 0 Å². The highest BCUT2D eigenvalue weighted by molar-refractivity contribution is 9.10. The fourth-order valence-electron chi connectivity index (χ4n) is 1.50. The minimum absolute atomic E-state index is 0.0490. The maximum Gasteiger partial charge on any atom is 0.271 e. The topological polar surface area (TPSA) is 68.1 Å². The second-order valence-corrected chi connectivity index (χ2v) is 5.39. The highest BCUT2D eigenvalue weighted by atomic mass is 79.9. The van der Waals surface area contributed by atoms with Crippen molar-refractivity contribution in [2.75, 3.05) is 5.32 Å². The number of halogens is 2. The lowest BCUT2D eigenvalue weighted by molar-refractivity contribution is -0.384. The molecule has 0 bridgehead atoms. The number of rotatable bonds is 4. The van der Waals surface area contributed by atoms with Crippen molar-refractivity contribution in [1.29, 1.82) is 0 Å². The van der Waals surface area contributed by atoms with E-state index in [2.05, 4.69) is 42.2 Å². The third-order valence-corrected chi connectivity index (χ3v) is 3.53. The van der Waals surface area contributed by atoms with Gasteiger partial charge in [-0.15, -0.1) is 0 Å². The molecule has 7 heteroatoms. The van der Waals surface area contributed by atoms with Crippen molar-refractivity contribution >= 4 is 43.2 Å². The second-order valence-electron chi connectivity index (χ2n) is 3.73. The summed E-state index contributed by atoms with van der Waals surface area (Å²) < 4.78 is 1.53. The molecule has 2 aromatic rings. The third kappa shape index (κ3) is 3.74. The smallest absolute Gasteiger partial charge is 0.271 e.